The summed E-state index contributed by atoms with van der Waals surface area (Å²) in [7, 11) is 0. The van der Waals surface area contributed by atoms with Gasteiger partial charge in [0, 0.05) is 18.8 Å². The molecule has 2 rings (SSSR count). The normalized spacial score (nSPS) is 14.5. The number of carbonyl (C=O) groups is 1. The van der Waals surface area contributed by atoms with E-state index in [0.29, 0.717) is 6.54 Å². The van der Waals surface area contributed by atoms with E-state index in [2.05, 4.69) is 15.7 Å². The van der Waals surface area contributed by atoms with Gasteiger partial charge in [0.1, 0.15) is 5.60 Å². The molecule has 108 valence electrons. The number of aromatic nitrogens is 1. The molecule has 2 N–H and O–H groups in total. The highest BCUT2D eigenvalue weighted by atomic mass is 19.1. The van der Waals surface area contributed by atoms with Crippen LogP contribution in [0.5, 0.6) is 0 Å². The van der Waals surface area contributed by atoms with E-state index in [-0.39, 0.29) is 11.5 Å². The molecule has 20 heavy (non-hydrogen) atoms. The van der Waals surface area contributed by atoms with Gasteiger partial charge in [-0.1, -0.05) is 6.08 Å². The number of nitrogens with one attached hydrogen (secondary N) is 2. The van der Waals surface area contributed by atoms with Crippen molar-refractivity contribution in [1.29, 1.82) is 0 Å². The molecule has 1 aromatic rings. The van der Waals surface area contributed by atoms with E-state index in [0.717, 1.165) is 0 Å². The predicted molar refractivity (Wildman–Crippen MR) is 73.7 cm³/mol. The number of hydrazine groups is 1. The van der Waals surface area contributed by atoms with Crippen LogP contribution in [-0.4, -0.2) is 23.2 Å². The summed E-state index contributed by atoms with van der Waals surface area (Å²) in [6, 6.07) is 1.19. The summed E-state index contributed by atoms with van der Waals surface area (Å²) in [5.74, 6) is -0.397. The molecule has 2 heterocycles. The molecule has 1 amide bonds. The van der Waals surface area contributed by atoms with Crippen LogP contribution in [-0.2, 0) is 4.74 Å². The van der Waals surface area contributed by atoms with Gasteiger partial charge in [-0.2, -0.15) is 0 Å². The summed E-state index contributed by atoms with van der Waals surface area (Å²) in [5.41, 5.74) is 2.54. The maximum atomic E-state index is 13.9. The molecule has 7 heteroatoms. The van der Waals surface area contributed by atoms with E-state index in [1.807, 2.05) is 6.08 Å². The molecule has 1 aliphatic heterocycles. The maximum absolute atomic E-state index is 13.9. The Morgan fingerprint density at radius 1 is 1.55 bits per heavy atom. The Bertz CT molecular complexity index is 540. The van der Waals surface area contributed by atoms with Crippen LogP contribution in [0.2, 0.25) is 0 Å². The molecule has 0 fully saturated rings. The number of hydrogen-bond donors (Lipinski definition) is 2. The van der Waals surface area contributed by atoms with Crippen molar-refractivity contribution >= 4 is 17.6 Å². The number of halogens is 1. The fourth-order valence-corrected chi connectivity index (χ4v) is 1.61. The standard InChI is InChI=1S/C13H17FN4O2/c1-13(2,3)20-12(19)17-9-7-10(14)11(15-8-9)18-6-4-5-16-18/h4,6-8,16H,5H2,1-3H3,(H,17,19). The van der Waals surface area contributed by atoms with Gasteiger partial charge in [-0.25, -0.2) is 19.6 Å². The molecule has 0 aromatic carbocycles. The summed E-state index contributed by atoms with van der Waals surface area (Å²) >= 11 is 0. The first-order valence-corrected chi connectivity index (χ1v) is 6.20. The van der Waals surface area contributed by atoms with E-state index in [1.54, 1.807) is 27.0 Å². The number of hydrogen-bond acceptors (Lipinski definition) is 5. The lowest BCUT2D eigenvalue weighted by atomic mass is 10.2. The van der Waals surface area contributed by atoms with Gasteiger partial charge in [0.2, 0.25) is 0 Å². The predicted octanol–water partition coefficient (Wildman–Crippen LogP) is 2.41. The molecule has 0 radical (unpaired) electrons. The lowest BCUT2D eigenvalue weighted by Gasteiger charge is -2.20. The minimum atomic E-state index is -0.648. The largest absolute Gasteiger partial charge is 0.444 e. The van der Waals surface area contributed by atoms with Crippen LogP contribution in [0, 0.1) is 5.82 Å². The van der Waals surface area contributed by atoms with Crippen molar-refractivity contribution in [2.24, 2.45) is 0 Å². The fraction of sp³-hybridized carbons (Fsp3) is 0.385. The smallest absolute Gasteiger partial charge is 0.412 e. The van der Waals surface area contributed by atoms with Gasteiger partial charge >= 0.3 is 6.09 Å². The second kappa shape index (κ2) is 5.46. The molecule has 0 aliphatic carbocycles. The molecule has 1 aromatic heterocycles. The summed E-state index contributed by atoms with van der Waals surface area (Å²) in [5, 5.41) is 3.92. The third-order valence-electron chi connectivity index (χ3n) is 2.33. The van der Waals surface area contributed by atoms with E-state index < -0.39 is 17.5 Å². The molecular weight excluding hydrogens is 263 g/mol. The molecule has 0 spiro atoms. The first kappa shape index (κ1) is 14.3. The van der Waals surface area contributed by atoms with Crippen molar-refractivity contribution in [3.63, 3.8) is 0 Å². The Labute approximate surface area is 116 Å². The molecule has 0 unspecified atom stereocenters. The van der Waals surface area contributed by atoms with Gasteiger partial charge in [0.05, 0.1) is 11.9 Å². The van der Waals surface area contributed by atoms with Crippen LogP contribution in [0.3, 0.4) is 0 Å². The number of rotatable bonds is 2. The zero-order chi connectivity index (χ0) is 14.8. The topological polar surface area (TPSA) is 66.5 Å². The van der Waals surface area contributed by atoms with Crippen LogP contribution in [0.15, 0.2) is 24.5 Å². The van der Waals surface area contributed by atoms with Crippen LogP contribution in [0.1, 0.15) is 20.8 Å². The van der Waals surface area contributed by atoms with Crippen molar-refractivity contribution in [3.05, 3.63) is 30.4 Å². The number of amides is 1. The minimum Gasteiger partial charge on any atom is -0.444 e. The SMILES string of the molecule is CC(C)(C)OC(=O)Nc1cnc(N2C=CCN2)c(F)c1. The first-order chi connectivity index (χ1) is 9.35. The third-order valence-corrected chi connectivity index (χ3v) is 2.33. The van der Waals surface area contributed by atoms with Crippen molar-refractivity contribution in [1.82, 2.24) is 10.4 Å². The zero-order valence-corrected chi connectivity index (χ0v) is 11.6. The van der Waals surface area contributed by atoms with E-state index in [1.165, 1.54) is 17.3 Å². The first-order valence-electron chi connectivity index (χ1n) is 6.20. The molecule has 0 atom stereocenters. The summed E-state index contributed by atoms with van der Waals surface area (Å²) in [6.45, 7) is 5.87. The molecule has 0 saturated carbocycles. The van der Waals surface area contributed by atoms with Crippen LogP contribution >= 0.6 is 0 Å². The van der Waals surface area contributed by atoms with Gasteiger partial charge in [0.15, 0.2) is 11.6 Å². The van der Waals surface area contributed by atoms with E-state index in [4.69, 9.17) is 4.74 Å². The fourth-order valence-electron chi connectivity index (χ4n) is 1.61. The average molecular weight is 280 g/mol. The third kappa shape index (κ3) is 3.67. The lowest BCUT2D eigenvalue weighted by molar-refractivity contribution is 0.0636. The van der Waals surface area contributed by atoms with E-state index in [9.17, 15) is 9.18 Å². The monoisotopic (exact) mass is 280 g/mol. The van der Waals surface area contributed by atoms with Crippen molar-refractivity contribution in [3.8, 4) is 0 Å². The molecule has 0 saturated heterocycles. The van der Waals surface area contributed by atoms with Gasteiger partial charge < -0.3 is 4.74 Å². The average Bonchev–Trinajstić information content (AvgIpc) is 2.79. The Balaban J connectivity index is 2.05. The number of carbonyl (C=O) groups excluding carboxylic acids is 1. The number of pyridine rings is 1. The van der Waals surface area contributed by atoms with Gasteiger partial charge in [-0.3, -0.25) is 10.3 Å². The van der Waals surface area contributed by atoms with Gasteiger partial charge in [-0.15, -0.1) is 0 Å². The summed E-state index contributed by atoms with van der Waals surface area (Å²) < 4.78 is 19.0. The Kier molecular flexibility index (Phi) is 3.89. The Morgan fingerprint density at radius 3 is 2.85 bits per heavy atom. The second-order valence-electron chi connectivity index (χ2n) is 5.27. The summed E-state index contributed by atoms with van der Waals surface area (Å²) in [6.07, 6.45) is 4.25. The quantitative estimate of drug-likeness (QED) is 0.870. The maximum Gasteiger partial charge on any atom is 0.412 e. The highest BCUT2D eigenvalue weighted by molar-refractivity contribution is 5.84. The Hall–Kier alpha value is -2.15. The van der Waals surface area contributed by atoms with Crippen LogP contribution in [0.4, 0.5) is 20.7 Å². The van der Waals surface area contributed by atoms with Crippen molar-refractivity contribution in [2.75, 3.05) is 16.9 Å². The van der Waals surface area contributed by atoms with Crippen molar-refractivity contribution < 1.29 is 13.9 Å². The summed E-state index contributed by atoms with van der Waals surface area (Å²) in [4.78, 5) is 15.5. The van der Waals surface area contributed by atoms with Crippen LogP contribution < -0.4 is 15.8 Å². The number of ether oxygens (including phenoxy) is 1. The van der Waals surface area contributed by atoms with Crippen molar-refractivity contribution in [2.45, 2.75) is 26.4 Å². The lowest BCUT2D eigenvalue weighted by Crippen LogP contribution is -2.30. The molecule has 6 nitrogen and oxygen atoms in total. The molecular formula is C13H17FN4O2. The highest BCUT2D eigenvalue weighted by Gasteiger charge is 2.18. The van der Waals surface area contributed by atoms with Gasteiger partial charge in [0.25, 0.3) is 0 Å². The van der Waals surface area contributed by atoms with Crippen LogP contribution in [0.25, 0.3) is 0 Å². The van der Waals surface area contributed by atoms with E-state index >= 15 is 0 Å². The zero-order valence-electron chi connectivity index (χ0n) is 11.6. The molecule has 1 aliphatic rings. The van der Waals surface area contributed by atoms with Gasteiger partial charge in [-0.05, 0) is 20.8 Å². The number of nitrogens with zero attached hydrogens (tertiary/aromatic N) is 2. The minimum absolute atomic E-state index is 0.147. The highest BCUT2D eigenvalue weighted by Crippen LogP contribution is 2.20. The molecule has 0 bridgehead atoms. The second-order valence-corrected chi connectivity index (χ2v) is 5.27. The Morgan fingerprint density at radius 2 is 2.30 bits per heavy atom. The number of anilines is 2.